The maximum atomic E-state index is 12.3. The van der Waals surface area contributed by atoms with Gasteiger partial charge in [-0.2, -0.15) is 0 Å². The van der Waals surface area contributed by atoms with Crippen LogP contribution in [0.15, 0.2) is 23.1 Å². The van der Waals surface area contributed by atoms with E-state index in [1.165, 1.54) is 18.2 Å². The van der Waals surface area contributed by atoms with Crippen molar-refractivity contribution in [1.82, 2.24) is 10.0 Å². The van der Waals surface area contributed by atoms with Crippen LogP contribution >= 0.6 is 0 Å². The SMILES string of the molecule is Cc1cc([N+](=O)[O-])ccc1S(=O)(=O)NCCC1CCCNC1. The molecule has 8 heteroatoms. The number of piperidine rings is 1. The number of aryl methyl sites for hydroxylation is 1. The molecule has 2 rings (SSSR count). The summed E-state index contributed by atoms with van der Waals surface area (Å²) in [5.74, 6) is 0.495. The van der Waals surface area contributed by atoms with Gasteiger partial charge in [-0.25, -0.2) is 13.1 Å². The fourth-order valence-electron chi connectivity index (χ4n) is 2.69. The first-order chi connectivity index (χ1) is 10.4. The summed E-state index contributed by atoms with van der Waals surface area (Å²) in [6.45, 7) is 3.90. The van der Waals surface area contributed by atoms with Gasteiger partial charge in [-0.05, 0) is 56.8 Å². The summed E-state index contributed by atoms with van der Waals surface area (Å²) in [5, 5.41) is 14.0. The maximum absolute atomic E-state index is 12.3. The van der Waals surface area contributed by atoms with E-state index in [1.807, 2.05) is 0 Å². The van der Waals surface area contributed by atoms with Crippen LogP contribution in [0, 0.1) is 23.0 Å². The molecule has 1 heterocycles. The van der Waals surface area contributed by atoms with E-state index in [0.717, 1.165) is 32.4 Å². The molecular weight excluding hydrogens is 306 g/mol. The highest BCUT2D eigenvalue weighted by atomic mass is 32.2. The van der Waals surface area contributed by atoms with Crippen molar-refractivity contribution in [3.8, 4) is 0 Å². The summed E-state index contributed by atoms with van der Waals surface area (Å²) < 4.78 is 27.1. The van der Waals surface area contributed by atoms with Crippen molar-refractivity contribution in [1.29, 1.82) is 0 Å². The minimum atomic E-state index is -3.63. The normalized spacial score (nSPS) is 19.0. The first-order valence-corrected chi connectivity index (χ1v) is 8.84. The fraction of sp³-hybridized carbons (Fsp3) is 0.571. The van der Waals surface area contributed by atoms with E-state index in [9.17, 15) is 18.5 Å². The fourth-order valence-corrected chi connectivity index (χ4v) is 3.97. The highest BCUT2D eigenvalue weighted by Gasteiger charge is 2.20. The second-order valence-corrected chi connectivity index (χ2v) is 7.34. The van der Waals surface area contributed by atoms with Crippen LogP contribution in [0.1, 0.15) is 24.8 Å². The van der Waals surface area contributed by atoms with Crippen LogP contribution in [0.4, 0.5) is 5.69 Å². The van der Waals surface area contributed by atoms with Crippen molar-refractivity contribution in [3.05, 3.63) is 33.9 Å². The molecule has 0 aliphatic carbocycles. The molecule has 122 valence electrons. The number of sulfonamides is 1. The molecule has 1 atom stereocenters. The van der Waals surface area contributed by atoms with Crippen LogP contribution in [-0.2, 0) is 10.0 Å². The summed E-state index contributed by atoms with van der Waals surface area (Å²) in [4.78, 5) is 10.3. The minimum Gasteiger partial charge on any atom is -0.316 e. The number of nitro groups is 1. The van der Waals surface area contributed by atoms with E-state index >= 15 is 0 Å². The van der Waals surface area contributed by atoms with E-state index < -0.39 is 14.9 Å². The quantitative estimate of drug-likeness (QED) is 0.610. The zero-order chi connectivity index (χ0) is 16.2. The van der Waals surface area contributed by atoms with Crippen molar-refractivity contribution in [2.24, 2.45) is 5.92 Å². The maximum Gasteiger partial charge on any atom is 0.269 e. The molecule has 0 amide bonds. The molecule has 1 unspecified atom stereocenters. The number of nitro benzene ring substituents is 1. The van der Waals surface area contributed by atoms with E-state index in [1.54, 1.807) is 6.92 Å². The molecule has 1 aromatic rings. The number of benzene rings is 1. The topological polar surface area (TPSA) is 101 Å². The van der Waals surface area contributed by atoms with E-state index in [4.69, 9.17) is 0 Å². The van der Waals surface area contributed by atoms with Gasteiger partial charge in [0.2, 0.25) is 10.0 Å². The predicted molar refractivity (Wildman–Crippen MR) is 83.2 cm³/mol. The van der Waals surface area contributed by atoms with Crippen molar-refractivity contribution >= 4 is 15.7 Å². The standard InChI is InChI=1S/C14H21N3O4S/c1-11-9-13(17(18)19)4-5-14(11)22(20,21)16-8-6-12-3-2-7-15-10-12/h4-5,9,12,15-16H,2-3,6-8,10H2,1H3. The van der Waals surface area contributed by atoms with Crippen LogP contribution < -0.4 is 10.0 Å². The summed E-state index contributed by atoms with van der Waals surface area (Å²) in [6.07, 6.45) is 3.03. The molecule has 1 aromatic carbocycles. The summed E-state index contributed by atoms with van der Waals surface area (Å²) in [7, 11) is -3.63. The molecule has 0 bridgehead atoms. The van der Waals surface area contributed by atoms with Gasteiger partial charge in [-0.15, -0.1) is 0 Å². The Bertz CT molecular complexity index is 639. The monoisotopic (exact) mass is 327 g/mol. The summed E-state index contributed by atoms with van der Waals surface area (Å²) >= 11 is 0. The lowest BCUT2D eigenvalue weighted by Crippen LogP contribution is -2.33. The van der Waals surface area contributed by atoms with Gasteiger partial charge in [0.25, 0.3) is 5.69 Å². The van der Waals surface area contributed by atoms with Gasteiger partial charge in [0.15, 0.2) is 0 Å². The lowest BCUT2D eigenvalue weighted by atomic mass is 9.96. The third-order valence-corrected chi connectivity index (χ3v) is 5.52. The van der Waals surface area contributed by atoms with Gasteiger partial charge in [0, 0.05) is 18.7 Å². The number of hydrogen-bond donors (Lipinski definition) is 2. The van der Waals surface area contributed by atoms with Crippen LogP contribution in [0.5, 0.6) is 0 Å². The second-order valence-electron chi connectivity index (χ2n) is 5.61. The molecule has 0 spiro atoms. The Morgan fingerprint density at radius 1 is 1.45 bits per heavy atom. The Balaban J connectivity index is 1.99. The molecular formula is C14H21N3O4S. The largest absolute Gasteiger partial charge is 0.316 e. The molecule has 2 N–H and O–H groups in total. The zero-order valence-electron chi connectivity index (χ0n) is 12.5. The number of hydrogen-bond acceptors (Lipinski definition) is 5. The number of non-ortho nitro benzene ring substituents is 1. The van der Waals surface area contributed by atoms with Crippen LogP contribution in [0.2, 0.25) is 0 Å². The molecule has 7 nitrogen and oxygen atoms in total. The van der Waals surface area contributed by atoms with Gasteiger partial charge in [-0.3, -0.25) is 10.1 Å². The minimum absolute atomic E-state index is 0.0971. The van der Waals surface area contributed by atoms with Crippen LogP contribution in [-0.4, -0.2) is 33.0 Å². The second kappa shape index (κ2) is 7.17. The Labute approximate surface area is 130 Å². The lowest BCUT2D eigenvalue weighted by Gasteiger charge is -2.22. The third-order valence-electron chi connectivity index (χ3n) is 3.90. The van der Waals surface area contributed by atoms with Gasteiger partial charge in [0.1, 0.15) is 0 Å². The Morgan fingerprint density at radius 2 is 2.23 bits per heavy atom. The van der Waals surface area contributed by atoms with Gasteiger partial charge in [0.05, 0.1) is 9.82 Å². The molecule has 0 saturated carbocycles. The van der Waals surface area contributed by atoms with Crippen molar-refractivity contribution in [3.63, 3.8) is 0 Å². The van der Waals surface area contributed by atoms with Crippen molar-refractivity contribution < 1.29 is 13.3 Å². The molecule has 1 aliphatic heterocycles. The third kappa shape index (κ3) is 4.25. The Hall–Kier alpha value is -1.51. The van der Waals surface area contributed by atoms with Crippen LogP contribution in [0.3, 0.4) is 0 Å². The molecule has 22 heavy (non-hydrogen) atoms. The van der Waals surface area contributed by atoms with Crippen molar-refractivity contribution in [2.45, 2.75) is 31.1 Å². The van der Waals surface area contributed by atoms with E-state index in [0.29, 0.717) is 18.0 Å². The highest BCUT2D eigenvalue weighted by Crippen LogP contribution is 2.21. The molecule has 1 saturated heterocycles. The molecule has 1 fully saturated rings. The van der Waals surface area contributed by atoms with Crippen LogP contribution in [0.25, 0.3) is 0 Å². The first-order valence-electron chi connectivity index (χ1n) is 7.35. The number of nitrogens with zero attached hydrogens (tertiary/aromatic N) is 1. The van der Waals surface area contributed by atoms with E-state index in [2.05, 4.69) is 10.0 Å². The molecule has 0 aromatic heterocycles. The number of nitrogens with one attached hydrogen (secondary N) is 2. The van der Waals surface area contributed by atoms with Crippen molar-refractivity contribution in [2.75, 3.05) is 19.6 Å². The zero-order valence-corrected chi connectivity index (χ0v) is 13.4. The summed E-state index contributed by atoms with van der Waals surface area (Å²) in [6, 6.07) is 3.78. The average molecular weight is 327 g/mol. The predicted octanol–water partition coefficient (Wildman–Crippen LogP) is 1.57. The van der Waals surface area contributed by atoms with Gasteiger partial charge < -0.3 is 5.32 Å². The van der Waals surface area contributed by atoms with E-state index in [-0.39, 0.29) is 10.6 Å². The average Bonchev–Trinajstić information content (AvgIpc) is 2.47. The lowest BCUT2D eigenvalue weighted by molar-refractivity contribution is -0.385. The molecule has 0 radical (unpaired) electrons. The highest BCUT2D eigenvalue weighted by molar-refractivity contribution is 7.89. The Morgan fingerprint density at radius 3 is 2.82 bits per heavy atom. The Kier molecular flexibility index (Phi) is 5.49. The van der Waals surface area contributed by atoms with Gasteiger partial charge in [-0.1, -0.05) is 0 Å². The summed E-state index contributed by atoms with van der Waals surface area (Å²) in [5.41, 5.74) is 0.269. The first kappa shape index (κ1) is 16.9. The molecule has 1 aliphatic rings. The van der Waals surface area contributed by atoms with Gasteiger partial charge >= 0.3 is 0 Å². The number of rotatable bonds is 6. The smallest absolute Gasteiger partial charge is 0.269 e.